The zero-order valence-electron chi connectivity index (χ0n) is 9.24. The maximum absolute atomic E-state index is 9.88. The van der Waals surface area contributed by atoms with Crippen LogP contribution in [0.2, 0.25) is 0 Å². The zero-order valence-corrected chi connectivity index (χ0v) is 9.24. The van der Waals surface area contributed by atoms with Crippen LogP contribution in [0.5, 0.6) is 5.75 Å². The van der Waals surface area contributed by atoms with Crippen LogP contribution in [-0.4, -0.2) is 25.5 Å². The van der Waals surface area contributed by atoms with E-state index in [4.69, 9.17) is 0 Å². The third kappa shape index (κ3) is 1.54. The SMILES string of the molecule is Oc1ccccc1C1CCCc2c1nnn2O. The van der Waals surface area contributed by atoms with Gasteiger partial charge in [0.2, 0.25) is 0 Å². The molecule has 1 aromatic carbocycles. The molecule has 1 unspecified atom stereocenters. The van der Waals surface area contributed by atoms with Crippen LogP contribution in [0, 0.1) is 0 Å². The Morgan fingerprint density at radius 3 is 2.94 bits per heavy atom. The molecule has 88 valence electrons. The molecule has 5 nitrogen and oxygen atoms in total. The first-order chi connectivity index (χ1) is 8.27. The Morgan fingerprint density at radius 1 is 1.29 bits per heavy atom. The molecular formula is C12H13N3O2. The predicted octanol–water partition coefficient (Wildman–Crippen LogP) is 1.69. The summed E-state index contributed by atoms with van der Waals surface area (Å²) in [5.74, 6) is 0.304. The molecule has 0 fully saturated rings. The smallest absolute Gasteiger partial charge is 0.119 e. The number of phenols is 1. The summed E-state index contributed by atoms with van der Waals surface area (Å²) in [4.78, 5) is 0.849. The molecule has 1 aliphatic carbocycles. The van der Waals surface area contributed by atoms with Crippen molar-refractivity contribution in [1.29, 1.82) is 0 Å². The van der Waals surface area contributed by atoms with Gasteiger partial charge in [-0.2, -0.15) is 0 Å². The Morgan fingerprint density at radius 2 is 2.12 bits per heavy atom. The number of para-hydroxylation sites is 1. The number of hydrogen-bond acceptors (Lipinski definition) is 4. The van der Waals surface area contributed by atoms with Gasteiger partial charge in [0.1, 0.15) is 11.4 Å². The summed E-state index contributed by atoms with van der Waals surface area (Å²) in [6.07, 6.45) is 2.66. The molecule has 0 aliphatic heterocycles. The van der Waals surface area contributed by atoms with Gasteiger partial charge in [0.15, 0.2) is 0 Å². The maximum Gasteiger partial charge on any atom is 0.119 e. The van der Waals surface area contributed by atoms with Crippen molar-refractivity contribution in [3.63, 3.8) is 0 Å². The normalized spacial score (nSPS) is 18.9. The second-order valence-electron chi connectivity index (χ2n) is 4.31. The molecule has 0 bridgehead atoms. The Balaban J connectivity index is 2.09. The maximum atomic E-state index is 9.88. The average molecular weight is 231 g/mol. The molecule has 0 saturated heterocycles. The second kappa shape index (κ2) is 3.76. The fourth-order valence-corrected chi connectivity index (χ4v) is 2.50. The van der Waals surface area contributed by atoms with E-state index >= 15 is 0 Å². The van der Waals surface area contributed by atoms with Gasteiger partial charge < -0.3 is 10.3 Å². The van der Waals surface area contributed by atoms with E-state index in [1.54, 1.807) is 12.1 Å². The first-order valence-corrected chi connectivity index (χ1v) is 5.69. The fraction of sp³-hybridized carbons (Fsp3) is 0.333. The number of aromatic hydroxyl groups is 1. The lowest BCUT2D eigenvalue weighted by Crippen LogP contribution is -2.13. The minimum Gasteiger partial charge on any atom is -0.508 e. The molecule has 3 rings (SSSR count). The molecule has 1 heterocycles. The van der Waals surface area contributed by atoms with Crippen LogP contribution in [0.4, 0.5) is 0 Å². The summed E-state index contributed by atoms with van der Waals surface area (Å²) < 4.78 is 0. The van der Waals surface area contributed by atoms with Gasteiger partial charge in [-0.25, -0.2) is 0 Å². The topological polar surface area (TPSA) is 71.2 Å². The van der Waals surface area contributed by atoms with E-state index in [1.807, 2.05) is 12.1 Å². The molecule has 0 radical (unpaired) electrons. The van der Waals surface area contributed by atoms with Crippen molar-refractivity contribution in [3.05, 3.63) is 41.2 Å². The highest BCUT2D eigenvalue weighted by molar-refractivity contribution is 5.41. The Bertz CT molecular complexity index is 550. The lowest BCUT2D eigenvalue weighted by Gasteiger charge is -2.21. The predicted molar refractivity (Wildman–Crippen MR) is 60.1 cm³/mol. The minimum absolute atomic E-state index is 0.0286. The highest BCUT2D eigenvalue weighted by Crippen LogP contribution is 2.38. The van der Waals surface area contributed by atoms with Gasteiger partial charge in [-0.15, -0.1) is 5.10 Å². The molecule has 5 heteroatoms. The standard InChI is InChI=1S/C12H13N3O2/c16-11-7-2-1-4-8(11)9-5-3-6-10-12(9)13-14-15(10)17/h1-2,4,7,9,16-17H,3,5-6H2. The molecule has 0 amide bonds. The molecule has 1 aromatic heterocycles. The van der Waals surface area contributed by atoms with Crippen LogP contribution in [0.15, 0.2) is 24.3 Å². The number of phenolic OH excluding ortho intramolecular Hbond substituents is 1. The molecular weight excluding hydrogens is 218 g/mol. The largest absolute Gasteiger partial charge is 0.508 e. The van der Waals surface area contributed by atoms with Crippen LogP contribution < -0.4 is 0 Å². The van der Waals surface area contributed by atoms with Crippen molar-refractivity contribution in [2.45, 2.75) is 25.2 Å². The Kier molecular flexibility index (Phi) is 2.24. The summed E-state index contributed by atoms with van der Waals surface area (Å²) in [5.41, 5.74) is 2.39. The molecule has 0 saturated carbocycles. The quantitative estimate of drug-likeness (QED) is 0.733. The third-order valence-corrected chi connectivity index (χ3v) is 3.32. The molecule has 2 aromatic rings. The van der Waals surface area contributed by atoms with Gasteiger partial charge in [0.05, 0.1) is 5.69 Å². The summed E-state index contributed by atoms with van der Waals surface area (Å²) >= 11 is 0. The zero-order chi connectivity index (χ0) is 11.8. The van der Waals surface area contributed by atoms with Crippen molar-refractivity contribution >= 4 is 0 Å². The number of rotatable bonds is 1. The van der Waals surface area contributed by atoms with E-state index in [-0.39, 0.29) is 11.7 Å². The van der Waals surface area contributed by atoms with Crippen molar-refractivity contribution in [2.75, 3.05) is 0 Å². The van der Waals surface area contributed by atoms with Crippen LogP contribution in [0.25, 0.3) is 0 Å². The third-order valence-electron chi connectivity index (χ3n) is 3.32. The van der Waals surface area contributed by atoms with Crippen LogP contribution in [-0.2, 0) is 6.42 Å². The lowest BCUT2D eigenvalue weighted by molar-refractivity contribution is 0.133. The van der Waals surface area contributed by atoms with Crippen molar-refractivity contribution < 1.29 is 10.3 Å². The summed E-state index contributed by atoms with van der Waals surface area (Å²) in [7, 11) is 0. The van der Waals surface area contributed by atoms with E-state index in [1.165, 1.54) is 0 Å². The van der Waals surface area contributed by atoms with Gasteiger partial charge in [0.25, 0.3) is 0 Å². The molecule has 2 N–H and O–H groups in total. The fourth-order valence-electron chi connectivity index (χ4n) is 2.50. The van der Waals surface area contributed by atoms with Gasteiger partial charge in [-0.3, -0.25) is 0 Å². The molecule has 0 spiro atoms. The highest BCUT2D eigenvalue weighted by atomic mass is 16.5. The monoisotopic (exact) mass is 231 g/mol. The summed E-state index contributed by atoms with van der Waals surface area (Å²) in [6, 6.07) is 7.26. The molecule has 1 atom stereocenters. The Labute approximate surface area is 98.3 Å². The van der Waals surface area contributed by atoms with Crippen molar-refractivity contribution in [3.8, 4) is 5.75 Å². The van der Waals surface area contributed by atoms with Crippen molar-refractivity contribution in [1.82, 2.24) is 15.2 Å². The lowest BCUT2D eigenvalue weighted by atomic mass is 9.84. The number of nitrogens with zero attached hydrogens (tertiary/aromatic N) is 3. The summed E-state index contributed by atoms with van der Waals surface area (Å²) in [5, 5.41) is 27.0. The minimum atomic E-state index is 0.0286. The van der Waals surface area contributed by atoms with Gasteiger partial charge in [-0.05, 0) is 30.5 Å². The first-order valence-electron chi connectivity index (χ1n) is 5.69. The number of benzene rings is 1. The van der Waals surface area contributed by atoms with E-state index in [0.717, 1.165) is 41.1 Å². The van der Waals surface area contributed by atoms with Crippen molar-refractivity contribution in [2.24, 2.45) is 0 Å². The Hall–Kier alpha value is -2.04. The summed E-state index contributed by atoms with van der Waals surface area (Å²) in [6.45, 7) is 0. The average Bonchev–Trinajstić information content (AvgIpc) is 2.72. The highest BCUT2D eigenvalue weighted by Gasteiger charge is 2.28. The van der Waals surface area contributed by atoms with Crippen LogP contribution in [0.1, 0.15) is 35.7 Å². The first kappa shape index (κ1) is 10.1. The van der Waals surface area contributed by atoms with E-state index < -0.39 is 0 Å². The van der Waals surface area contributed by atoms with Gasteiger partial charge in [0, 0.05) is 11.5 Å². The van der Waals surface area contributed by atoms with E-state index in [2.05, 4.69) is 10.3 Å². The van der Waals surface area contributed by atoms with Gasteiger partial charge in [-0.1, -0.05) is 23.0 Å². The van der Waals surface area contributed by atoms with Gasteiger partial charge >= 0.3 is 0 Å². The van der Waals surface area contributed by atoms with Crippen LogP contribution in [0.3, 0.4) is 0 Å². The molecule has 17 heavy (non-hydrogen) atoms. The molecule has 1 aliphatic rings. The van der Waals surface area contributed by atoms with Crippen LogP contribution >= 0.6 is 0 Å². The van der Waals surface area contributed by atoms with E-state index in [0.29, 0.717) is 0 Å². The number of aromatic nitrogens is 3. The second-order valence-corrected chi connectivity index (χ2v) is 4.31. The number of hydrogen-bond donors (Lipinski definition) is 2. The van der Waals surface area contributed by atoms with E-state index in [9.17, 15) is 10.3 Å². The number of fused-ring (bicyclic) bond motifs is 1.